The Morgan fingerprint density at radius 3 is 1.60 bits per heavy atom. The third-order valence-electron chi connectivity index (χ3n) is 15.0. The number of carbonyl (C=O) groups excluding carboxylic acids is 6. The van der Waals surface area contributed by atoms with Crippen molar-refractivity contribution >= 4 is 41.5 Å². The van der Waals surface area contributed by atoms with Crippen LogP contribution in [0.2, 0.25) is 0 Å². The molecule has 4 aromatic carbocycles. The molecule has 3 unspecified atom stereocenters. The van der Waals surface area contributed by atoms with Crippen LogP contribution < -0.4 is 41.4 Å². The van der Waals surface area contributed by atoms with E-state index < -0.39 is 60.3 Å². The second-order valence-electron chi connectivity index (χ2n) is 21.1. The predicted molar refractivity (Wildman–Crippen MR) is 315 cm³/mol. The van der Waals surface area contributed by atoms with Crippen LogP contribution in [0.25, 0.3) is 6.08 Å². The number of aliphatic hydroxyl groups is 2. The summed E-state index contributed by atoms with van der Waals surface area (Å²) in [4.78, 5) is 83.7. The number of nitrogens with one attached hydrogen (secondary N) is 6. The van der Waals surface area contributed by atoms with Crippen molar-refractivity contribution in [3.63, 3.8) is 0 Å². The molecule has 0 radical (unpaired) electrons. The van der Waals surface area contributed by atoms with Gasteiger partial charge >= 0.3 is 0 Å². The monoisotopic (exact) mass is 1120 g/mol. The fourth-order valence-electron chi connectivity index (χ4n) is 9.92. The Hall–Kier alpha value is -7.12. The van der Waals surface area contributed by atoms with E-state index in [0.29, 0.717) is 64.3 Å². The molecule has 0 fully saturated rings. The summed E-state index contributed by atoms with van der Waals surface area (Å²) in [6.07, 6.45) is 5.47. The van der Waals surface area contributed by atoms with Gasteiger partial charge in [-0.15, -0.1) is 0 Å². The number of para-hydroxylation sites is 2. The minimum Gasteiger partial charge on any atom is -0.492 e. The van der Waals surface area contributed by atoms with Crippen molar-refractivity contribution in [1.82, 2.24) is 41.7 Å². The van der Waals surface area contributed by atoms with Crippen molar-refractivity contribution in [3.8, 4) is 11.5 Å². The first kappa shape index (κ1) is 64.7. The Morgan fingerprint density at radius 2 is 1.05 bits per heavy atom. The highest BCUT2D eigenvalue weighted by atomic mass is 16.5. The maximum absolute atomic E-state index is 13.7. The van der Waals surface area contributed by atoms with E-state index in [2.05, 4.69) is 31.9 Å². The average molecular weight is 1120 g/mol. The molecule has 440 valence electrons. The molecule has 0 bridgehead atoms. The van der Waals surface area contributed by atoms with Gasteiger partial charge < -0.3 is 61.4 Å². The van der Waals surface area contributed by atoms with Crippen LogP contribution in [-0.4, -0.2) is 157 Å². The standard InChI is InChI=1S/C32H44N4O5.C31H44N4O5/c1-5-22(2)28-32(40)36(4)29(23(3)37)31(39)35-26(18-17-24-12-7-6-8-13-24)30(38)34-19-11-15-25-14-9-10-16-27(25)41-21-20-33-28;1-5-21(2)27-31(39)35(4)28(22(3)36)30(38)34-25(20-23-12-7-6-8-13-23)29(37)33-17-11-15-24-14-9-10-16-26(24)40-19-18-32-27/h6-16,22-23,26,28-29,33,37H,5,17-21H2,1-4H3,(H,34,38)(H,35,39);6-10,12-14,16,21-22,25,27-28,32,36H,5,11,15,17-20H2,1-4H3,(H,33,37)(H,34,38)/b15-11+;/t22?,23?,26-,28+,29+;21?,22-,25+,27-,28-/m10/s1. The van der Waals surface area contributed by atoms with Crippen LogP contribution in [-0.2, 0) is 48.0 Å². The lowest BCUT2D eigenvalue weighted by molar-refractivity contribution is -0.146. The van der Waals surface area contributed by atoms with Crippen molar-refractivity contribution < 1.29 is 48.5 Å². The van der Waals surface area contributed by atoms with Crippen LogP contribution in [0.3, 0.4) is 0 Å². The first-order valence-corrected chi connectivity index (χ1v) is 28.6. The first-order valence-electron chi connectivity index (χ1n) is 28.6. The summed E-state index contributed by atoms with van der Waals surface area (Å²) in [5.74, 6) is -1.02. The van der Waals surface area contributed by atoms with Gasteiger partial charge in [-0.25, -0.2) is 0 Å². The number of fused-ring (bicyclic) bond motifs is 2. The Balaban J connectivity index is 0.000000297. The molecule has 0 saturated carbocycles. The summed E-state index contributed by atoms with van der Waals surface area (Å²) in [7, 11) is 3.04. The van der Waals surface area contributed by atoms with Crippen molar-refractivity contribution in [3.05, 3.63) is 138 Å². The van der Waals surface area contributed by atoms with E-state index in [1.165, 1.54) is 37.7 Å². The van der Waals surface area contributed by atoms with Crippen LogP contribution >= 0.6 is 0 Å². The molecule has 0 saturated heterocycles. The quantitative estimate of drug-likeness (QED) is 0.103. The molecule has 2 aliphatic heterocycles. The maximum atomic E-state index is 13.7. The molecule has 81 heavy (non-hydrogen) atoms. The summed E-state index contributed by atoms with van der Waals surface area (Å²) < 4.78 is 12.1. The van der Waals surface area contributed by atoms with Gasteiger partial charge in [-0.2, -0.15) is 0 Å². The number of rotatable bonds is 11. The van der Waals surface area contributed by atoms with E-state index in [9.17, 15) is 39.0 Å². The summed E-state index contributed by atoms with van der Waals surface area (Å²) in [5, 5.41) is 39.3. The molecule has 0 aromatic heterocycles. The number of likely N-dealkylation sites (N-methyl/N-ethyl adjacent to an activating group) is 2. The van der Waals surface area contributed by atoms with E-state index in [4.69, 9.17) is 9.47 Å². The molecule has 18 heteroatoms. The summed E-state index contributed by atoms with van der Waals surface area (Å²) >= 11 is 0. The molecular formula is C63H88N8O10. The zero-order chi connectivity index (χ0) is 58.8. The fourth-order valence-corrected chi connectivity index (χ4v) is 9.92. The number of nitrogens with zero attached hydrogens (tertiary/aromatic N) is 2. The molecule has 8 N–H and O–H groups in total. The highest BCUT2D eigenvalue weighted by Crippen LogP contribution is 2.22. The van der Waals surface area contributed by atoms with E-state index in [0.717, 1.165) is 40.8 Å². The largest absolute Gasteiger partial charge is 0.492 e. The third-order valence-corrected chi connectivity index (χ3v) is 15.0. The lowest BCUT2D eigenvalue weighted by Gasteiger charge is -2.35. The van der Waals surface area contributed by atoms with Gasteiger partial charge in [-0.05, 0) is 80.2 Å². The van der Waals surface area contributed by atoms with E-state index >= 15 is 0 Å². The minimum atomic E-state index is -1.18. The number of aryl methyl sites for hydroxylation is 2. The third kappa shape index (κ3) is 19.8. The minimum absolute atomic E-state index is 0.0258. The van der Waals surface area contributed by atoms with Crippen LogP contribution in [0.15, 0.2) is 115 Å². The molecule has 6 amide bonds. The highest BCUT2D eigenvalue weighted by Gasteiger charge is 2.39. The SMILES string of the molecule is CCC(C)[C@@H]1NCCOc2ccccc2/C=C/CNC(=O)[C@@H](CCc2ccccc2)NC(=O)[C@H](C(C)O)N(C)C1=O.CCC(C)[C@@H]1NCCOc2ccccc2CCCNC(=O)[C@@H](Cc2ccccc2)NC(=O)[C@H]([C@H](C)O)N(C)C1=O. The number of amides is 6. The molecule has 4 aromatic rings. The van der Waals surface area contributed by atoms with Gasteiger partial charge in [-0.3, -0.25) is 28.8 Å². The van der Waals surface area contributed by atoms with Crippen molar-refractivity contribution in [2.45, 2.75) is 135 Å². The van der Waals surface area contributed by atoms with Crippen molar-refractivity contribution in [2.24, 2.45) is 11.8 Å². The summed E-state index contributed by atoms with van der Waals surface area (Å²) in [5.41, 5.74) is 3.83. The number of ether oxygens (including phenoxy) is 2. The van der Waals surface area contributed by atoms with Gasteiger partial charge in [0.15, 0.2) is 0 Å². The molecule has 18 nitrogen and oxygen atoms in total. The van der Waals surface area contributed by atoms with Crippen molar-refractivity contribution in [2.75, 3.05) is 53.5 Å². The van der Waals surface area contributed by atoms with Gasteiger partial charge in [0.05, 0.1) is 24.3 Å². The van der Waals surface area contributed by atoms with Gasteiger partial charge in [0.2, 0.25) is 35.4 Å². The molecule has 0 spiro atoms. The summed E-state index contributed by atoms with van der Waals surface area (Å²) in [6.45, 7) is 13.1. The lowest BCUT2D eigenvalue weighted by Crippen LogP contribution is -2.61. The zero-order valence-corrected chi connectivity index (χ0v) is 48.6. The van der Waals surface area contributed by atoms with Gasteiger partial charge in [0, 0.05) is 52.3 Å². The van der Waals surface area contributed by atoms with E-state index in [-0.39, 0.29) is 48.4 Å². The van der Waals surface area contributed by atoms with Gasteiger partial charge in [0.25, 0.3) is 0 Å². The Labute approximate surface area is 479 Å². The topological polar surface area (TPSA) is 240 Å². The fraction of sp³-hybridized carbons (Fsp3) is 0.492. The van der Waals surface area contributed by atoms with Crippen LogP contribution in [0, 0.1) is 11.8 Å². The maximum Gasteiger partial charge on any atom is 0.246 e. The highest BCUT2D eigenvalue weighted by molar-refractivity contribution is 5.94. The number of hydrogen-bond donors (Lipinski definition) is 8. The second kappa shape index (κ2) is 33.6. The first-order chi connectivity index (χ1) is 38.9. The smallest absolute Gasteiger partial charge is 0.246 e. The number of benzene rings is 4. The number of aliphatic hydroxyl groups excluding tert-OH is 2. The average Bonchev–Trinajstić information content (AvgIpc) is 3.52. The van der Waals surface area contributed by atoms with Crippen LogP contribution in [0.5, 0.6) is 11.5 Å². The molecule has 0 aliphatic carbocycles. The van der Waals surface area contributed by atoms with Crippen molar-refractivity contribution in [1.29, 1.82) is 0 Å². The van der Waals surface area contributed by atoms with Gasteiger partial charge in [0.1, 0.15) is 48.9 Å². The molecule has 10 atom stereocenters. The Bertz CT molecular complexity index is 2640. The van der Waals surface area contributed by atoms with Crippen LogP contribution in [0.4, 0.5) is 0 Å². The number of hydrogen-bond acceptors (Lipinski definition) is 12. The molecular weight excluding hydrogens is 1030 g/mol. The Morgan fingerprint density at radius 1 is 0.568 bits per heavy atom. The number of carbonyl (C=O) groups is 6. The Kier molecular flexibility index (Phi) is 26.8. The lowest BCUT2D eigenvalue weighted by atomic mass is 9.96. The predicted octanol–water partition coefficient (Wildman–Crippen LogP) is 4.61. The molecule has 2 aliphatic rings. The van der Waals surface area contributed by atoms with Crippen LogP contribution in [0.1, 0.15) is 89.5 Å². The van der Waals surface area contributed by atoms with E-state index in [1.54, 1.807) is 0 Å². The van der Waals surface area contributed by atoms with Gasteiger partial charge in [-0.1, -0.05) is 150 Å². The normalized spacial score (nSPS) is 23.5. The molecule has 2 heterocycles. The molecule has 6 rings (SSSR count). The zero-order valence-electron chi connectivity index (χ0n) is 48.6. The second-order valence-corrected chi connectivity index (χ2v) is 21.1. The van der Waals surface area contributed by atoms with E-state index in [1.807, 2.05) is 149 Å². The summed E-state index contributed by atoms with van der Waals surface area (Å²) in [6, 6.07) is 29.3.